The number of aryl methyl sites for hydroxylation is 1. The number of nitrogens with zero attached hydrogens (tertiary/aromatic N) is 5. The predicted octanol–water partition coefficient (Wildman–Crippen LogP) is 0.623. The van der Waals surface area contributed by atoms with Gasteiger partial charge in [0.1, 0.15) is 15.7 Å². The highest BCUT2D eigenvalue weighted by Gasteiger charge is 2.21. The summed E-state index contributed by atoms with van der Waals surface area (Å²) < 4.78 is 26.8. The molecule has 0 amide bonds. The zero-order valence-corrected chi connectivity index (χ0v) is 16.9. The number of rotatable bonds is 7. The summed E-state index contributed by atoms with van der Waals surface area (Å²) in [6, 6.07) is 0. The number of hydrogen-bond donors (Lipinski definition) is 1. The van der Waals surface area contributed by atoms with Crippen molar-refractivity contribution < 1.29 is 8.42 Å². The van der Waals surface area contributed by atoms with Crippen molar-refractivity contribution in [3.8, 4) is 0 Å². The molecule has 0 atom stereocenters. The molecule has 0 aliphatic carbocycles. The van der Waals surface area contributed by atoms with E-state index in [1.807, 2.05) is 6.92 Å². The van der Waals surface area contributed by atoms with Crippen LogP contribution in [0.3, 0.4) is 0 Å². The number of nitrogens with one attached hydrogen (secondary N) is 1. The Labute approximate surface area is 154 Å². The minimum absolute atomic E-state index is 0.181. The number of hydrogen-bond acceptors (Lipinski definition) is 7. The molecule has 0 unspecified atom stereocenters. The Bertz CT molecular complexity index is 665. The Morgan fingerprint density at radius 3 is 2.56 bits per heavy atom. The van der Waals surface area contributed by atoms with Crippen LogP contribution in [0.4, 0.5) is 5.13 Å². The van der Waals surface area contributed by atoms with Crippen LogP contribution in [0.2, 0.25) is 0 Å². The lowest BCUT2D eigenvalue weighted by Crippen LogP contribution is -2.52. The van der Waals surface area contributed by atoms with Gasteiger partial charge < -0.3 is 15.1 Å². The largest absolute Gasteiger partial charge is 0.357 e. The Morgan fingerprint density at radius 1 is 1.28 bits per heavy atom. The molecule has 25 heavy (non-hydrogen) atoms. The molecule has 0 radical (unpaired) electrons. The molecule has 1 aliphatic heterocycles. The first-order valence-electron chi connectivity index (χ1n) is 8.71. The summed E-state index contributed by atoms with van der Waals surface area (Å²) in [5.74, 6) is 1.95. The number of sulfone groups is 1. The topological polar surface area (TPSA) is 90.8 Å². The zero-order chi connectivity index (χ0) is 18.3. The van der Waals surface area contributed by atoms with Crippen LogP contribution in [0.15, 0.2) is 4.99 Å². The van der Waals surface area contributed by atoms with Crippen molar-refractivity contribution in [3.63, 3.8) is 0 Å². The third-order valence-electron chi connectivity index (χ3n) is 3.89. The monoisotopic (exact) mass is 388 g/mol. The second-order valence-corrected chi connectivity index (χ2v) is 9.03. The minimum atomic E-state index is -2.92. The number of anilines is 1. The second-order valence-electron chi connectivity index (χ2n) is 6.04. The predicted molar refractivity (Wildman–Crippen MR) is 103 cm³/mol. The Hall–Kier alpha value is -1.42. The summed E-state index contributed by atoms with van der Waals surface area (Å²) in [5, 5.41) is 4.29. The van der Waals surface area contributed by atoms with Gasteiger partial charge in [-0.1, -0.05) is 6.92 Å². The third-order valence-corrected chi connectivity index (χ3v) is 5.74. The zero-order valence-electron chi connectivity index (χ0n) is 15.2. The lowest BCUT2D eigenvalue weighted by molar-refractivity contribution is 0.372. The number of piperazine rings is 1. The van der Waals surface area contributed by atoms with E-state index in [4.69, 9.17) is 0 Å². The van der Waals surface area contributed by atoms with E-state index in [0.717, 1.165) is 56.1 Å². The third kappa shape index (κ3) is 6.43. The Balaban J connectivity index is 1.88. The van der Waals surface area contributed by atoms with E-state index in [1.165, 1.54) is 17.8 Å². The Morgan fingerprint density at radius 2 is 2.00 bits per heavy atom. The molecule has 1 N–H and O–H groups in total. The maximum Gasteiger partial charge on any atom is 0.205 e. The minimum Gasteiger partial charge on any atom is -0.357 e. The van der Waals surface area contributed by atoms with E-state index in [9.17, 15) is 8.42 Å². The molecule has 1 saturated heterocycles. The van der Waals surface area contributed by atoms with Gasteiger partial charge in [0.05, 0.1) is 5.75 Å². The maximum absolute atomic E-state index is 11.2. The molecule has 0 spiro atoms. The molecule has 1 aliphatic rings. The van der Waals surface area contributed by atoms with Gasteiger partial charge in [-0.2, -0.15) is 4.37 Å². The molecule has 1 aromatic rings. The normalized spacial score (nSPS) is 16.4. The summed E-state index contributed by atoms with van der Waals surface area (Å²) in [4.78, 5) is 13.6. The fourth-order valence-electron chi connectivity index (χ4n) is 2.56. The molecule has 0 bridgehead atoms. The van der Waals surface area contributed by atoms with Crippen molar-refractivity contribution in [2.75, 3.05) is 56.2 Å². The maximum atomic E-state index is 11.2. The van der Waals surface area contributed by atoms with Gasteiger partial charge in [-0.05, 0) is 13.3 Å². The van der Waals surface area contributed by atoms with Crippen LogP contribution in [0, 0.1) is 0 Å². The quantitative estimate of drug-likeness (QED) is 0.416. The van der Waals surface area contributed by atoms with Gasteiger partial charge in [0.15, 0.2) is 5.96 Å². The van der Waals surface area contributed by atoms with Gasteiger partial charge in [-0.3, -0.25) is 4.99 Å². The van der Waals surface area contributed by atoms with Gasteiger partial charge in [-0.25, -0.2) is 13.4 Å². The van der Waals surface area contributed by atoms with Crippen LogP contribution in [0.25, 0.3) is 0 Å². The molecule has 0 saturated carbocycles. The fraction of sp³-hybridized carbons (Fsp3) is 0.800. The van der Waals surface area contributed by atoms with Crippen molar-refractivity contribution in [1.82, 2.24) is 19.6 Å². The van der Waals surface area contributed by atoms with E-state index in [1.54, 1.807) is 0 Å². The van der Waals surface area contributed by atoms with Crippen LogP contribution in [-0.2, 0) is 16.3 Å². The smallest absolute Gasteiger partial charge is 0.205 e. The summed E-state index contributed by atoms with van der Waals surface area (Å²) in [7, 11) is -2.92. The lowest BCUT2D eigenvalue weighted by Gasteiger charge is -2.36. The van der Waals surface area contributed by atoms with Crippen LogP contribution < -0.4 is 10.2 Å². The van der Waals surface area contributed by atoms with Gasteiger partial charge in [-0.15, -0.1) is 0 Å². The van der Waals surface area contributed by atoms with Crippen LogP contribution >= 0.6 is 11.5 Å². The van der Waals surface area contributed by atoms with E-state index in [-0.39, 0.29) is 5.75 Å². The van der Waals surface area contributed by atoms with E-state index in [2.05, 4.69) is 36.4 Å². The fourth-order valence-corrected chi connectivity index (χ4v) is 4.02. The molecule has 2 rings (SSSR count). The van der Waals surface area contributed by atoms with Gasteiger partial charge in [0, 0.05) is 63.5 Å². The summed E-state index contributed by atoms with van der Waals surface area (Å²) in [6.07, 6.45) is 2.68. The van der Waals surface area contributed by atoms with Crippen molar-refractivity contribution in [2.24, 2.45) is 4.99 Å². The highest BCUT2D eigenvalue weighted by molar-refractivity contribution is 7.90. The van der Waals surface area contributed by atoms with Crippen LogP contribution in [0.1, 0.15) is 26.1 Å². The first-order chi connectivity index (χ1) is 11.9. The van der Waals surface area contributed by atoms with Crippen LogP contribution in [-0.4, -0.2) is 79.9 Å². The molecule has 2 heterocycles. The molecule has 1 fully saturated rings. The SMILES string of the molecule is CCNC(=NCCCS(C)(=O)=O)N1CCN(c2nc(CC)ns2)CC1. The molecule has 0 aromatic carbocycles. The second kappa shape index (κ2) is 9.33. The highest BCUT2D eigenvalue weighted by atomic mass is 32.2. The molecule has 142 valence electrons. The number of aliphatic imine (C=N–C) groups is 1. The van der Waals surface area contributed by atoms with E-state index in [0.29, 0.717) is 13.0 Å². The average molecular weight is 389 g/mol. The van der Waals surface area contributed by atoms with Crippen molar-refractivity contribution >= 4 is 32.5 Å². The van der Waals surface area contributed by atoms with Gasteiger partial charge >= 0.3 is 0 Å². The highest BCUT2D eigenvalue weighted by Crippen LogP contribution is 2.19. The lowest BCUT2D eigenvalue weighted by atomic mass is 10.3. The number of guanidine groups is 1. The Kier molecular flexibility index (Phi) is 7.42. The van der Waals surface area contributed by atoms with E-state index >= 15 is 0 Å². The molecular weight excluding hydrogens is 360 g/mol. The summed E-state index contributed by atoms with van der Waals surface area (Å²) >= 11 is 1.46. The number of aromatic nitrogens is 2. The average Bonchev–Trinajstić information content (AvgIpc) is 3.06. The first kappa shape index (κ1) is 19.9. The van der Waals surface area contributed by atoms with Crippen molar-refractivity contribution in [3.05, 3.63) is 5.82 Å². The molecular formula is C15H28N6O2S2. The molecule has 10 heteroatoms. The van der Waals surface area contributed by atoms with Crippen LogP contribution in [0.5, 0.6) is 0 Å². The summed E-state index contributed by atoms with van der Waals surface area (Å²) in [5.41, 5.74) is 0. The summed E-state index contributed by atoms with van der Waals surface area (Å²) in [6.45, 7) is 8.89. The molecule has 8 nitrogen and oxygen atoms in total. The standard InChI is InChI=1S/C15H28N6O2S2/c1-4-13-18-15(24-19-13)21-10-8-20(9-11-21)14(16-5-2)17-7-6-12-25(3,22)23/h4-12H2,1-3H3,(H,16,17). The van der Waals surface area contributed by atoms with Crippen molar-refractivity contribution in [1.29, 1.82) is 0 Å². The van der Waals surface area contributed by atoms with Gasteiger partial charge in [0.25, 0.3) is 0 Å². The van der Waals surface area contributed by atoms with E-state index < -0.39 is 9.84 Å². The first-order valence-corrected chi connectivity index (χ1v) is 11.5. The van der Waals surface area contributed by atoms with Crippen molar-refractivity contribution in [2.45, 2.75) is 26.7 Å². The van der Waals surface area contributed by atoms with Gasteiger partial charge in [0.2, 0.25) is 5.13 Å². The molecule has 1 aromatic heterocycles.